The maximum atomic E-state index is 9.66. The predicted molar refractivity (Wildman–Crippen MR) is 72.7 cm³/mol. The van der Waals surface area contributed by atoms with Crippen LogP contribution in [0, 0.1) is 0 Å². The van der Waals surface area contributed by atoms with Crippen molar-refractivity contribution in [3.8, 4) is 0 Å². The minimum Gasteiger partial charge on any atom is -0.387 e. The zero-order valence-electron chi connectivity index (χ0n) is 11.0. The van der Waals surface area contributed by atoms with Crippen molar-refractivity contribution in [1.29, 1.82) is 0 Å². The molecule has 4 heteroatoms. The Labute approximate surface area is 108 Å². The van der Waals surface area contributed by atoms with Crippen LogP contribution in [0.5, 0.6) is 0 Å². The molecule has 1 heterocycles. The molecule has 0 aromatic heterocycles. The molecule has 3 N–H and O–H groups in total. The van der Waals surface area contributed by atoms with Gasteiger partial charge in [-0.3, -0.25) is 0 Å². The van der Waals surface area contributed by atoms with Gasteiger partial charge in [0.25, 0.3) is 0 Å². The highest BCUT2D eigenvalue weighted by Crippen LogP contribution is 2.22. The van der Waals surface area contributed by atoms with Crippen LogP contribution in [0.4, 0.5) is 5.69 Å². The summed E-state index contributed by atoms with van der Waals surface area (Å²) in [5, 5.41) is 9.66. The molecule has 2 rings (SSSR count). The minimum absolute atomic E-state index is 0.253. The number of rotatable bonds is 3. The van der Waals surface area contributed by atoms with Crippen LogP contribution in [0.3, 0.4) is 0 Å². The van der Waals surface area contributed by atoms with Gasteiger partial charge in [0, 0.05) is 25.3 Å². The van der Waals surface area contributed by atoms with Crippen LogP contribution in [-0.2, 0) is 4.74 Å². The van der Waals surface area contributed by atoms with E-state index in [1.807, 2.05) is 24.3 Å². The van der Waals surface area contributed by atoms with E-state index in [0.717, 1.165) is 18.7 Å². The molecule has 0 aliphatic carbocycles. The molecule has 3 atom stereocenters. The number of benzene rings is 1. The summed E-state index contributed by atoms with van der Waals surface area (Å²) in [6.45, 7) is 6.25. The Bertz CT molecular complexity index is 370. The number of aliphatic hydroxyl groups excluding tert-OH is 1. The monoisotopic (exact) mass is 250 g/mol. The van der Waals surface area contributed by atoms with Gasteiger partial charge in [0.1, 0.15) is 0 Å². The third-order valence-corrected chi connectivity index (χ3v) is 3.29. The first-order chi connectivity index (χ1) is 8.60. The molecule has 1 aromatic rings. The SMILES string of the molecule is CC1CN(c2ccc(C(O)CN)cc2)CC(C)O1. The lowest BCUT2D eigenvalue weighted by molar-refractivity contribution is -0.00522. The van der Waals surface area contributed by atoms with Crippen LogP contribution in [0.25, 0.3) is 0 Å². The van der Waals surface area contributed by atoms with Gasteiger partial charge < -0.3 is 20.5 Å². The van der Waals surface area contributed by atoms with E-state index in [-0.39, 0.29) is 18.8 Å². The summed E-state index contributed by atoms with van der Waals surface area (Å²) in [6, 6.07) is 7.97. The highest BCUT2D eigenvalue weighted by molar-refractivity contribution is 5.48. The van der Waals surface area contributed by atoms with Gasteiger partial charge in [0.05, 0.1) is 18.3 Å². The molecule has 0 radical (unpaired) electrons. The van der Waals surface area contributed by atoms with E-state index in [1.54, 1.807) is 0 Å². The number of nitrogens with zero attached hydrogens (tertiary/aromatic N) is 1. The quantitative estimate of drug-likeness (QED) is 0.849. The zero-order valence-corrected chi connectivity index (χ0v) is 11.0. The van der Waals surface area contributed by atoms with Crippen LogP contribution in [0.15, 0.2) is 24.3 Å². The molecule has 1 aliphatic heterocycles. The highest BCUT2D eigenvalue weighted by atomic mass is 16.5. The summed E-state index contributed by atoms with van der Waals surface area (Å²) in [4.78, 5) is 2.32. The topological polar surface area (TPSA) is 58.7 Å². The molecule has 0 bridgehead atoms. The second-order valence-corrected chi connectivity index (χ2v) is 5.01. The fourth-order valence-electron chi connectivity index (χ4n) is 2.43. The molecule has 100 valence electrons. The van der Waals surface area contributed by atoms with Crippen molar-refractivity contribution < 1.29 is 9.84 Å². The van der Waals surface area contributed by atoms with Gasteiger partial charge in [-0.25, -0.2) is 0 Å². The van der Waals surface area contributed by atoms with Crippen molar-refractivity contribution in [2.24, 2.45) is 5.73 Å². The zero-order chi connectivity index (χ0) is 13.1. The average molecular weight is 250 g/mol. The predicted octanol–water partition coefficient (Wildman–Crippen LogP) is 1.29. The van der Waals surface area contributed by atoms with Crippen LogP contribution in [0.2, 0.25) is 0 Å². The van der Waals surface area contributed by atoms with Gasteiger partial charge >= 0.3 is 0 Å². The normalized spacial score (nSPS) is 26.1. The molecule has 1 saturated heterocycles. The second-order valence-electron chi connectivity index (χ2n) is 5.01. The third-order valence-electron chi connectivity index (χ3n) is 3.29. The molecular formula is C14H22N2O2. The summed E-state index contributed by atoms with van der Waals surface area (Å²) < 4.78 is 5.72. The number of ether oxygens (including phenoxy) is 1. The Morgan fingerprint density at radius 2 is 1.83 bits per heavy atom. The van der Waals surface area contributed by atoms with Crippen molar-refractivity contribution in [1.82, 2.24) is 0 Å². The van der Waals surface area contributed by atoms with E-state index < -0.39 is 6.10 Å². The molecule has 1 aromatic carbocycles. The Hall–Kier alpha value is -1.10. The maximum absolute atomic E-state index is 9.66. The first-order valence-corrected chi connectivity index (χ1v) is 6.48. The lowest BCUT2D eigenvalue weighted by atomic mass is 10.1. The Morgan fingerprint density at radius 3 is 2.33 bits per heavy atom. The lowest BCUT2D eigenvalue weighted by Gasteiger charge is -2.37. The minimum atomic E-state index is -0.568. The first-order valence-electron chi connectivity index (χ1n) is 6.48. The fraction of sp³-hybridized carbons (Fsp3) is 0.571. The number of morpholine rings is 1. The maximum Gasteiger partial charge on any atom is 0.0912 e. The Kier molecular flexibility index (Phi) is 4.22. The summed E-state index contributed by atoms with van der Waals surface area (Å²) >= 11 is 0. The van der Waals surface area contributed by atoms with E-state index in [2.05, 4.69) is 18.7 Å². The molecule has 18 heavy (non-hydrogen) atoms. The van der Waals surface area contributed by atoms with Crippen LogP contribution < -0.4 is 10.6 Å². The van der Waals surface area contributed by atoms with Gasteiger partial charge in [-0.15, -0.1) is 0 Å². The summed E-state index contributed by atoms with van der Waals surface area (Å²) in [5.74, 6) is 0. The van der Waals surface area contributed by atoms with Crippen LogP contribution in [0.1, 0.15) is 25.5 Å². The van der Waals surface area contributed by atoms with Crippen LogP contribution >= 0.6 is 0 Å². The number of anilines is 1. The number of hydrogen-bond donors (Lipinski definition) is 2. The number of aliphatic hydroxyl groups is 1. The summed E-state index contributed by atoms with van der Waals surface area (Å²) in [7, 11) is 0. The standard InChI is InChI=1S/C14H22N2O2/c1-10-8-16(9-11(2)18-10)13-5-3-12(4-6-13)14(17)7-15/h3-6,10-11,14,17H,7-9,15H2,1-2H3. The molecule has 3 unspecified atom stereocenters. The van der Waals surface area contributed by atoms with E-state index >= 15 is 0 Å². The molecule has 0 amide bonds. The average Bonchev–Trinajstić information content (AvgIpc) is 2.37. The van der Waals surface area contributed by atoms with Gasteiger partial charge in [0.2, 0.25) is 0 Å². The van der Waals surface area contributed by atoms with Gasteiger partial charge in [-0.1, -0.05) is 12.1 Å². The van der Waals surface area contributed by atoms with Crippen molar-refractivity contribution >= 4 is 5.69 Å². The Morgan fingerprint density at radius 1 is 1.28 bits per heavy atom. The van der Waals surface area contributed by atoms with Gasteiger partial charge in [-0.05, 0) is 31.5 Å². The first kappa shape index (κ1) is 13.3. The molecule has 4 nitrogen and oxygen atoms in total. The molecule has 1 aliphatic rings. The fourth-order valence-corrected chi connectivity index (χ4v) is 2.43. The largest absolute Gasteiger partial charge is 0.387 e. The number of hydrogen-bond acceptors (Lipinski definition) is 4. The lowest BCUT2D eigenvalue weighted by Crippen LogP contribution is -2.45. The smallest absolute Gasteiger partial charge is 0.0912 e. The molecule has 0 saturated carbocycles. The van der Waals surface area contributed by atoms with Crippen molar-refractivity contribution in [3.05, 3.63) is 29.8 Å². The van der Waals surface area contributed by atoms with E-state index in [9.17, 15) is 5.11 Å². The second kappa shape index (κ2) is 5.69. The Balaban J connectivity index is 2.09. The van der Waals surface area contributed by atoms with E-state index in [0.29, 0.717) is 0 Å². The van der Waals surface area contributed by atoms with Crippen molar-refractivity contribution in [2.75, 3.05) is 24.5 Å². The molecular weight excluding hydrogens is 228 g/mol. The molecule has 1 fully saturated rings. The van der Waals surface area contributed by atoms with Crippen molar-refractivity contribution in [2.45, 2.75) is 32.2 Å². The van der Waals surface area contributed by atoms with Crippen LogP contribution in [-0.4, -0.2) is 36.9 Å². The van der Waals surface area contributed by atoms with Crippen molar-refractivity contribution in [3.63, 3.8) is 0 Å². The van der Waals surface area contributed by atoms with Gasteiger partial charge in [0.15, 0.2) is 0 Å². The third kappa shape index (κ3) is 3.02. The summed E-state index contributed by atoms with van der Waals surface area (Å²) in [6.07, 6.45) is -0.0623. The summed E-state index contributed by atoms with van der Waals surface area (Å²) in [5.41, 5.74) is 7.49. The molecule has 0 spiro atoms. The highest BCUT2D eigenvalue weighted by Gasteiger charge is 2.22. The van der Waals surface area contributed by atoms with E-state index in [4.69, 9.17) is 10.5 Å². The van der Waals surface area contributed by atoms with E-state index in [1.165, 1.54) is 5.69 Å². The number of nitrogens with two attached hydrogens (primary N) is 1. The van der Waals surface area contributed by atoms with Gasteiger partial charge in [-0.2, -0.15) is 0 Å².